The number of benzene rings is 2. The van der Waals surface area contributed by atoms with Gasteiger partial charge in [0.15, 0.2) is 0 Å². The lowest BCUT2D eigenvalue weighted by Gasteiger charge is -2.11. The van der Waals surface area contributed by atoms with Crippen molar-refractivity contribution in [1.82, 2.24) is 0 Å². The van der Waals surface area contributed by atoms with E-state index in [1.54, 1.807) is 26.0 Å². The minimum absolute atomic E-state index is 0.227. The molecule has 0 aliphatic heterocycles. The highest BCUT2D eigenvalue weighted by molar-refractivity contribution is 5.92. The molecule has 5 heteroatoms. The predicted molar refractivity (Wildman–Crippen MR) is 73.3 cm³/mol. The van der Waals surface area contributed by atoms with Crippen LogP contribution in [0.3, 0.4) is 0 Å². The van der Waals surface area contributed by atoms with Crippen molar-refractivity contribution >= 4 is 5.97 Å². The molecular weight excluding hydrogens is 281 g/mol. The zero-order chi connectivity index (χ0) is 15.8. The lowest BCUT2D eigenvalue weighted by Crippen LogP contribution is -2.04. The van der Waals surface area contributed by atoms with Crippen molar-refractivity contribution in [2.75, 3.05) is 0 Å². The average Bonchev–Trinajstić information content (AvgIpc) is 2.36. The van der Waals surface area contributed by atoms with Gasteiger partial charge in [-0.05, 0) is 48.2 Å². The summed E-state index contributed by atoms with van der Waals surface area (Å²) in [6.07, 6.45) is -4.36. The summed E-state index contributed by atoms with van der Waals surface area (Å²) >= 11 is 0. The monoisotopic (exact) mass is 294 g/mol. The van der Waals surface area contributed by atoms with Crippen LogP contribution in [-0.2, 0) is 6.18 Å². The van der Waals surface area contributed by atoms with Gasteiger partial charge in [0.2, 0.25) is 0 Å². The van der Waals surface area contributed by atoms with Crippen molar-refractivity contribution in [2.24, 2.45) is 0 Å². The van der Waals surface area contributed by atoms with Crippen LogP contribution in [0.25, 0.3) is 11.1 Å². The first-order valence-electron chi connectivity index (χ1n) is 6.22. The number of rotatable bonds is 2. The number of carboxylic acid groups (broad SMARTS) is 1. The molecule has 0 spiro atoms. The maximum atomic E-state index is 12.5. The molecule has 0 aliphatic carbocycles. The quantitative estimate of drug-likeness (QED) is 0.872. The van der Waals surface area contributed by atoms with Crippen LogP contribution in [0.15, 0.2) is 36.4 Å². The van der Waals surface area contributed by atoms with Crippen LogP contribution in [0.4, 0.5) is 13.2 Å². The van der Waals surface area contributed by atoms with E-state index in [9.17, 15) is 18.0 Å². The van der Waals surface area contributed by atoms with Gasteiger partial charge < -0.3 is 5.11 Å². The van der Waals surface area contributed by atoms with Gasteiger partial charge in [-0.3, -0.25) is 0 Å². The molecule has 0 radical (unpaired) electrons. The number of aryl methyl sites for hydroxylation is 2. The summed E-state index contributed by atoms with van der Waals surface area (Å²) in [7, 11) is 0. The summed E-state index contributed by atoms with van der Waals surface area (Å²) in [6, 6.07) is 8.14. The van der Waals surface area contributed by atoms with Crippen LogP contribution in [0.1, 0.15) is 27.0 Å². The summed E-state index contributed by atoms with van der Waals surface area (Å²) in [5.41, 5.74) is 2.00. The second-order valence-electron chi connectivity index (χ2n) is 4.87. The van der Waals surface area contributed by atoms with Crippen LogP contribution >= 0.6 is 0 Å². The van der Waals surface area contributed by atoms with Gasteiger partial charge >= 0.3 is 12.1 Å². The molecule has 2 rings (SSSR count). The number of hydrogen-bond donors (Lipinski definition) is 1. The van der Waals surface area contributed by atoms with Crippen LogP contribution < -0.4 is 0 Å². The van der Waals surface area contributed by atoms with E-state index in [2.05, 4.69) is 0 Å². The van der Waals surface area contributed by atoms with Crippen LogP contribution in [-0.4, -0.2) is 11.1 Å². The van der Waals surface area contributed by atoms with E-state index in [0.29, 0.717) is 22.3 Å². The Bertz CT molecular complexity index is 663. The third-order valence-electron chi connectivity index (χ3n) is 3.29. The Morgan fingerprint density at radius 1 is 0.952 bits per heavy atom. The molecule has 0 aromatic heterocycles. The first-order chi connectivity index (χ1) is 9.70. The minimum atomic E-state index is -4.36. The average molecular weight is 294 g/mol. The highest BCUT2D eigenvalue weighted by Gasteiger charge is 2.30. The molecule has 0 amide bonds. The molecule has 0 saturated carbocycles. The fourth-order valence-corrected chi connectivity index (χ4v) is 2.32. The highest BCUT2D eigenvalue weighted by Crippen LogP contribution is 2.32. The molecule has 0 unspecified atom stereocenters. The largest absolute Gasteiger partial charge is 0.478 e. The zero-order valence-electron chi connectivity index (χ0n) is 11.5. The second-order valence-corrected chi connectivity index (χ2v) is 4.87. The van der Waals surface area contributed by atoms with E-state index in [4.69, 9.17) is 5.11 Å². The third kappa shape index (κ3) is 3.07. The molecule has 0 aliphatic rings. The molecule has 0 fully saturated rings. The molecule has 21 heavy (non-hydrogen) atoms. The second kappa shape index (κ2) is 5.24. The topological polar surface area (TPSA) is 37.3 Å². The molecule has 0 saturated heterocycles. The SMILES string of the molecule is Cc1cc(-c2ccc(C(F)(F)F)cc2)cc(C)c1C(=O)O. The van der Waals surface area contributed by atoms with E-state index in [0.717, 1.165) is 12.1 Å². The first kappa shape index (κ1) is 15.1. The molecule has 2 nitrogen and oxygen atoms in total. The number of carboxylic acids is 1. The maximum absolute atomic E-state index is 12.5. The Kier molecular flexibility index (Phi) is 3.77. The normalized spacial score (nSPS) is 11.5. The van der Waals surface area contributed by atoms with Crippen LogP contribution in [0, 0.1) is 13.8 Å². The smallest absolute Gasteiger partial charge is 0.416 e. The van der Waals surface area contributed by atoms with Crippen molar-refractivity contribution in [3.8, 4) is 11.1 Å². The third-order valence-corrected chi connectivity index (χ3v) is 3.29. The number of aromatic carboxylic acids is 1. The molecule has 110 valence electrons. The minimum Gasteiger partial charge on any atom is -0.478 e. The van der Waals surface area contributed by atoms with Crippen molar-refractivity contribution in [1.29, 1.82) is 0 Å². The standard InChI is InChI=1S/C16H13F3O2/c1-9-7-12(8-10(2)14(9)15(20)21)11-3-5-13(6-4-11)16(17,18)19/h3-8H,1-2H3,(H,20,21). The molecule has 0 bridgehead atoms. The Labute approximate surface area is 119 Å². The summed E-state index contributed by atoms with van der Waals surface area (Å²) in [4.78, 5) is 11.1. The Morgan fingerprint density at radius 3 is 1.81 bits per heavy atom. The fourth-order valence-electron chi connectivity index (χ4n) is 2.32. The van der Waals surface area contributed by atoms with E-state index in [1.165, 1.54) is 12.1 Å². The fraction of sp³-hybridized carbons (Fsp3) is 0.188. The van der Waals surface area contributed by atoms with Crippen LogP contribution in [0.5, 0.6) is 0 Å². The summed E-state index contributed by atoms with van der Waals surface area (Å²) in [5, 5.41) is 9.11. The van der Waals surface area contributed by atoms with Gasteiger partial charge in [0.1, 0.15) is 0 Å². The first-order valence-corrected chi connectivity index (χ1v) is 6.22. The van der Waals surface area contributed by atoms with Gasteiger partial charge in [0.05, 0.1) is 11.1 Å². The number of carbonyl (C=O) groups is 1. The van der Waals surface area contributed by atoms with Gasteiger partial charge in [0, 0.05) is 0 Å². The lowest BCUT2D eigenvalue weighted by molar-refractivity contribution is -0.137. The van der Waals surface area contributed by atoms with Crippen molar-refractivity contribution in [3.63, 3.8) is 0 Å². The Hall–Kier alpha value is -2.30. The van der Waals surface area contributed by atoms with Gasteiger partial charge in [-0.2, -0.15) is 13.2 Å². The van der Waals surface area contributed by atoms with Crippen LogP contribution in [0.2, 0.25) is 0 Å². The number of hydrogen-bond acceptors (Lipinski definition) is 1. The summed E-state index contributed by atoms with van der Waals surface area (Å²) in [5.74, 6) is -1.01. The molecule has 0 atom stereocenters. The zero-order valence-corrected chi connectivity index (χ0v) is 11.5. The highest BCUT2D eigenvalue weighted by atomic mass is 19.4. The molecule has 2 aromatic carbocycles. The van der Waals surface area contributed by atoms with Gasteiger partial charge in [-0.25, -0.2) is 4.79 Å². The van der Waals surface area contributed by atoms with Gasteiger partial charge in [0.25, 0.3) is 0 Å². The summed E-state index contributed by atoms with van der Waals surface area (Å²) < 4.78 is 37.6. The van der Waals surface area contributed by atoms with E-state index in [1.807, 2.05) is 0 Å². The molecular formula is C16H13F3O2. The Balaban J connectivity index is 2.46. The number of alkyl halides is 3. The van der Waals surface area contributed by atoms with Gasteiger partial charge in [-0.15, -0.1) is 0 Å². The molecule has 0 heterocycles. The van der Waals surface area contributed by atoms with E-state index >= 15 is 0 Å². The maximum Gasteiger partial charge on any atom is 0.416 e. The predicted octanol–water partition coefficient (Wildman–Crippen LogP) is 4.69. The van der Waals surface area contributed by atoms with Gasteiger partial charge in [-0.1, -0.05) is 24.3 Å². The van der Waals surface area contributed by atoms with Crippen molar-refractivity contribution in [3.05, 3.63) is 58.7 Å². The lowest BCUT2D eigenvalue weighted by atomic mass is 9.95. The molecule has 1 N–H and O–H groups in total. The Morgan fingerprint density at radius 2 is 1.43 bits per heavy atom. The summed E-state index contributed by atoms with van der Waals surface area (Å²) in [6.45, 7) is 3.34. The van der Waals surface area contributed by atoms with Crippen molar-refractivity contribution in [2.45, 2.75) is 20.0 Å². The van der Waals surface area contributed by atoms with E-state index in [-0.39, 0.29) is 5.56 Å². The molecule has 2 aromatic rings. The van der Waals surface area contributed by atoms with Crippen molar-refractivity contribution < 1.29 is 23.1 Å². The number of halogens is 3. The van der Waals surface area contributed by atoms with E-state index < -0.39 is 17.7 Å².